The van der Waals surface area contributed by atoms with Crippen molar-refractivity contribution in [2.24, 2.45) is 0 Å². The standard InChI is InChI=1S/C12H14ClF3O/c1-6-7(2)11(17-4)9(5-12(14,15)16)8(3)10(6)13/h5H2,1-4H3. The van der Waals surface area contributed by atoms with Gasteiger partial charge < -0.3 is 4.74 Å². The van der Waals surface area contributed by atoms with Crippen molar-refractivity contribution in [1.82, 2.24) is 0 Å². The number of methoxy groups -OCH3 is 1. The molecule has 0 aliphatic carbocycles. The second-order valence-corrected chi connectivity index (χ2v) is 4.37. The maximum Gasteiger partial charge on any atom is 0.393 e. The summed E-state index contributed by atoms with van der Waals surface area (Å²) in [5, 5.41) is 0.377. The van der Waals surface area contributed by atoms with Gasteiger partial charge in [0.15, 0.2) is 0 Å². The molecule has 17 heavy (non-hydrogen) atoms. The predicted octanol–water partition coefficient (Wildman–Crippen LogP) is 4.38. The summed E-state index contributed by atoms with van der Waals surface area (Å²) in [4.78, 5) is 0. The molecule has 0 heterocycles. The van der Waals surface area contributed by atoms with Crippen molar-refractivity contribution in [2.45, 2.75) is 33.4 Å². The van der Waals surface area contributed by atoms with E-state index < -0.39 is 12.6 Å². The van der Waals surface area contributed by atoms with Crippen molar-refractivity contribution in [3.05, 3.63) is 27.3 Å². The third kappa shape index (κ3) is 2.86. The summed E-state index contributed by atoms with van der Waals surface area (Å²) in [6, 6.07) is 0. The molecule has 1 aromatic rings. The third-order valence-electron chi connectivity index (χ3n) is 2.87. The molecule has 1 nitrogen and oxygen atoms in total. The van der Waals surface area contributed by atoms with E-state index in [1.807, 2.05) is 0 Å². The first kappa shape index (κ1) is 14.2. The summed E-state index contributed by atoms with van der Waals surface area (Å²) in [6.07, 6.45) is -5.30. The van der Waals surface area contributed by atoms with Crippen LogP contribution in [0.2, 0.25) is 5.02 Å². The lowest BCUT2D eigenvalue weighted by atomic mass is 9.96. The molecule has 0 atom stereocenters. The summed E-state index contributed by atoms with van der Waals surface area (Å²) in [6.45, 7) is 5.06. The zero-order valence-electron chi connectivity index (χ0n) is 10.1. The Bertz CT molecular complexity index is 439. The highest BCUT2D eigenvalue weighted by atomic mass is 35.5. The molecule has 5 heteroatoms. The second kappa shape index (κ2) is 4.77. The van der Waals surface area contributed by atoms with Gasteiger partial charge in [0.2, 0.25) is 0 Å². The molecule has 1 rings (SSSR count). The van der Waals surface area contributed by atoms with Gasteiger partial charge in [-0.2, -0.15) is 13.2 Å². The first-order valence-corrected chi connectivity index (χ1v) is 5.45. The first-order chi connectivity index (χ1) is 7.69. The van der Waals surface area contributed by atoms with Crippen LogP contribution in [0, 0.1) is 20.8 Å². The van der Waals surface area contributed by atoms with Gasteiger partial charge >= 0.3 is 6.18 Å². The van der Waals surface area contributed by atoms with E-state index in [2.05, 4.69) is 0 Å². The van der Waals surface area contributed by atoms with Gasteiger partial charge in [0.25, 0.3) is 0 Å². The van der Waals surface area contributed by atoms with Crippen LogP contribution in [0.1, 0.15) is 22.3 Å². The van der Waals surface area contributed by atoms with Gasteiger partial charge in [-0.3, -0.25) is 0 Å². The van der Waals surface area contributed by atoms with Crippen LogP contribution in [0.15, 0.2) is 0 Å². The van der Waals surface area contributed by atoms with E-state index >= 15 is 0 Å². The lowest BCUT2D eigenvalue weighted by Gasteiger charge is -2.19. The highest BCUT2D eigenvalue weighted by Crippen LogP contribution is 2.38. The molecule has 0 amide bonds. The number of alkyl halides is 3. The Balaban J connectivity index is 3.47. The summed E-state index contributed by atoms with van der Waals surface area (Å²) in [5.41, 5.74) is 1.96. The molecule has 0 saturated carbocycles. The minimum atomic E-state index is -4.27. The van der Waals surface area contributed by atoms with Crippen molar-refractivity contribution in [3.8, 4) is 5.75 Å². The molecule has 0 bridgehead atoms. The van der Waals surface area contributed by atoms with E-state index in [0.717, 1.165) is 5.56 Å². The van der Waals surface area contributed by atoms with Crippen LogP contribution in [0.4, 0.5) is 13.2 Å². The summed E-state index contributed by atoms with van der Waals surface area (Å²) in [7, 11) is 1.37. The van der Waals surface area contributed by atoms with Gasteiger partial charge in [0.05, 0.1) is 13.5 Å². The molecule has 1 aromatic carbocycles. The molecular formula is C12H14ClF3O. The molecule has 0 aromatic heterocycles. The van der Waals surface area contributed by atoms with Crippen LogP contribution in [-0.4, -0.2) is 13.3 Å². The second-order valence-electron chi connectivity index (χ2n) is 3.99. The average Bonchev–Trinajstić information content (AvgIpc) is 2.22. The van der Waals surface area contributed by atoms with Gasteiger partial charge in [-0.25, -0.2) is 0 Å². The predicted molar refractivity (Wildman–Crippen MR) is 62.0 cm³/mol. The van der Waals surface area contributed by atoms with E-state index in [0.29, 0.717) is 16.1 Å². The van der Waals surface area contributed by atoms with E-state index in [1.165, 1.54) is 7.11 Å². The van der Waals surface area contributed by atoms with Crippen molar-refractivity contribution in [3.63, 3.8) is 0 Å². The number of rotatable bonds is 2. The minimum Gasteiger partial charge on any atom is -0.496 e. The van der Waals surface area contributed by atoms with Gasteiger partial charge in [-0.05, 0) is 37.5 Å². The lowest BCUT2D eigenvalue weighted by Crippen LogP contribution is -2.14. The first-order valence-electron chi connectivity index (χ1n) is 5.08. The Morgan fingerprint density at radius 3 is 2.00 bits per heavy atom. The summed E-state index contributed by atoms with van der Waals surface area (Å²) >= 11 is 6.02. The van der Waals surface area contributed by atoms with Gasteiger partial charge in [-0.15, -0.1) is 0 Å². The van der Waals surface area contributed by atoms with E-state index in [9.17, 15) is 13.2 Å². The van der Waals surface area contributed by atoms with E-state index in [-0.39, 0.29) is 11.3 Å². The van der Waals surface area contributed by atoms with Gasteiger partial charge in [0, 0.05) is 10.6 Å². The number of benzene rings is 1. The number of hydrogen-bond donors (Lipinski definition) is 0. The smallest absolute Gasteiger partial charge is 0.393 e. The average molecular weight is 267 g/mol. The quantitative estimate of drug-likeness (QED) is 0.772. The van der Waals surface area contributed by atoms with Crippen molar-refractivity contribution in [2.75, 3.05) is 7.11 Å². The normalized spacial score (nSPS) is 11.8. The molecule has 0 unspecified atom stereocenters. The van der Waals surface area contributed by atoms with Crippen molar-refractivity contribution >= 4 is 11.6 Å². The Morgan fingerprint density at radius 1 is 1.06 bits per heavy atom. The zero-order chi connectivity index (χ0) is 13.4. The summed E-state index contributed by atoms with van der Waals surface area (Å²) in [5.74, 6) is 0.279. The number of ether oxygens (including phenoxy) is 1. The minimum absolute atomic E-state index is 0.119. The third-order valence-corrected chi connectivity index (χ3v) is 3.44. The largest absolute Gasteiger partial charge is 0.496 e. The van der Waals surface area contributed by atoms with Crippen LogP contribution in [0.3, 0.4) is 0 Å². The fourth-order valence-corrected chi connectivity index (χ4v) is 2.09. The molecule has 0 aliphatic heterocycles. The number of hydrogen-bond acceptors (Lipinski definition) is 1. The molecule has 96 valence electrons. The van der Waals surface area contributed by atoms with Crippen LogP contribution in [0.5, 0.6) is 5.75 Å². The topological polar surface area (TPSA) is 9.23 Å². The molecule has 0 spiro atoms. The monoisotopic (exact) mass is 266 g/mol. The van der Waals surface area contributed by atoms with Crippen LogP contribution in [-0.2, 0) is 6.42 Å². The fourth-order valence-electron chi connectivity index (χ4n) is 1.83. The zero-order valence-corrected chi connectivity index (χ0v) is 10.9. The Kier molecular flexibility index (Phi) is 3.97. The molecule has 0 aliphatic rings. The van der Waals surface area contributed by atoms with Crippen LogP contribution >= 0.6 is 11.6 Å². The van der Waals surface area contributed by atoms with Crippen molar-refractivity contribution < 1.29 is 17.9 Å². The molecule has 0 radical (unpaired) electrons. The van der Waals surface area contributed by atoms with Gasteiger partial charge in [-0.1, -0.05) is 11.6 Å². The lowest BCUT2D eigenvalue weighted by molar-refractivity contribution is -0.127. The Hall–Kier alpha value is -0.900. The number of halogens is 4. The molecule has 0 fully saturated rings. The summed E-state index contributed by atoms with van der Waals surface area (Å²) < 4.78 is 42.6. The Morgan fingerprint density at radius 2 is 1.59 bits per heavy atom. The Labute approximate surface area is 104 Å². The molecule has 0 N–H and O–H groups in total. The fraction of sp³-hybridized carbons (Fsp3) is 0.500. The maximum atomic E-state index is 12.5. The SMILES string of the molecule is COc1c(C)c(C)c(Cl)c(C)c1CC(F)(F)F. The van der Waals surface area contributed by atoms with Crippen LogP contribution < -0.4 is 4.74 Å². The van der Waals surface area contributed by atoms with Crippen molar-refractivity contribution in [1.29, 1.82) is 0 Å². The molecule has 0 saturated heterocycles. The van der Waals surface area contributed by atoms with E-state index in [1.54, 1.807) is 20.8 Å². The highest BCUT2D eigenvalue weighted by Gasteiger charge is 2.31. The van der Waals surface area contributed by atoms with Crippen LogP contribution in [0.25, 0.3) is 0 Å². The van der Waals surface area contributed by atoms with E-state index in [4.69, 9.17) is 16.3 Å². The van der Waals surface area contributed by atoms with Gasteiger partial charge in [0.1, 0.15) is 5.75 Å². The molecular weight excluding hydrogens is 253 g/mol. The maximum absolute atomic E-state index is 12.5. The highest BCUT2D eigenvalue weighted by molar-refractivity contribution is 6.32.